The highest BCUT2D eigenvalue weighted by molar-refractivity contribution is 9.09. The SMILES string of the molecule is CCCC(Br)C(C)=C(C)C. The smallest absolute Gasteiger partial charge is 0.0354 e. The Morgan fingerprint density at radius 1 is 1.30 bits per heavy atom. The van der Waals surface area contributed by atoms with Crippen molar-refractivity contribution in [3.05, 3.63) is 11.1 Å². The van der Waals surface area contributed by atoms with Crippen molar-refractivity contribution >= 4 is 15.9 Å². The molecule has 0 heterocycles. The molecule has 0 amide bonds. The van der Waals surface area contributed by atoms with Crippen LogP contribution in [0.5, 0.6) is 0 Å². The summed E-state index contributed by atoms with van der Waals surface area (Å²) < 4.78 is 0. The van der Waals surface area contributed by atoms with Crippen LogP contribution in [0.1, 0.15) is 40.5 Å². The Hall–Kier alpha value is 0.220. The summed E-state index contributed by atoms with van der Waals surface area (Å²) in [5.41, 5.74) is 2.93. The van der Waals surface area contributed by atoms with Crippen LogP contribution in [0.25, 0.3) is 0 Å². The van der Waals surface area contributed by atoms with Gasteiger partial charge in [-0.25, -0.2) is 0 Å². The van der Waals surface area contributed by atoms with E-state index in [2.05, 4.69) is 43.6 Å². The molecule has 0 nitrogen and oxygen atoms in total. The molecule has 0 aliphatic carbocycles. The van der Waals surface area contributed by atoms with Gasteiger partial charge >= 0.3 is 0 Å². The zero-order chi connectivity index (χ0) is 8.15. The Morgan fingerprint density at radius 3 is 2.10 bits per heavy atom. The minimum atomic E-state index is 0.600. The number of alkyl halides is 1. The Labute approximate surface area is 72.8 Å². The third-order valence-electron chi connectivity index (χ3n) is 1.80. The molecular formula is C9H17Br. The first-order valence-electron chi connectivity index (χ1n) is 3.87. The minimum absolute atomic E-state index is 0.600. The second-order valence-electron chi connectivity index (χ2n) is 2.94. The fourth-order valence-electron chi connectivity index (χ4n) is 0.783. The van der Waals surface area contributed by atoms with Crippen LogP contribution >= 0.6 is 15.9 Å². The largest absolute Gasteiger partial charge is 0.0842 e. The zero-order valence-corrected chi connectivity index (χ0v) is 8.96. The van der Waals surface area contributed by atoms with E-state index < -0.39 is 0 Å². The number of rotatable bonds is 3. The van der Waals surface area contributed by atoms with E-state index in [1.54, 1.807) is 0 Å². The van der Waals surface area contributed by atoms with Crippen molar-refractivity contribution in [2.45, 2.75) is 45.4 Å². The molecule has 1 heteroatoms. The topological polar surface area (TPSA) is 0 Å². The van der Waals surface area contributed by atoms with Gasteiger partial charge in [0.05, 0.1) is 0 Å². The van der Waals surface area contributed by atoms with Crippen molar-refractivity contribution in [3.63, 3.8) is 0 Å². The molecular weight excluding hydrogens is 188 g/mol. The van der Waals surface area contributed by atoms with Crippen LogP contribution < -0.4 is 0 Å². The van der Waals surface area contributed by atoms with Gasteiger partial charge in [0, 0.05) is 4.83 Å². The maximum Gasteiger partial charge on any atom is 0.0354 e. The lowest BCUT2D eigenvalue weighted by molar-refractivity contribution is 0.804. The van der Waals surface area contributed by atoms with Crippen LogP contribution in [-0.4, -0.2) is 4.83 Å². The maximum atomic E-state index is 3.65. The van der Waals surface area contributed by atoms with Crippen LogP contribution in [0.3, 0.4) is 0 Å². The molecule has 1 unspecified atom stereocenters. The molecule has 0 rings (SSSR count). The van der Waals surface area contributed by atoms with E-state index in [0.717, 1.165) is 0 Å². The van der Waals surface area contributed by atoms with Crippen LogP contribution in [0, 0.1) is 0 Å². The minimum Gasteiger partial charge on any atom is -0.0842 e. The predicted molar refractivity (Wildman–Crippen MR) is 51.7 cm³/mol. The van der Waals surface area contributed by atoms with E-state index in [1.165, 1.54) is 24.0 Å². The van der Waals surface area contributed by atoms with Gasteiger partial charge in [-0.3, -0.25) is 0 Å². The number of allylic oxidation sites excluding steroid dienone is 2. The summed E-state index contributed by atoms with van der Waals surface area (Å²) in [6.45, 7) is 8.75. The maximum absolute atomic E-state index is 3.65. The normalized spacial score (nSPS) is 12.9. The molecule has 60 valence electrons. The number of hydrogen-bond acceptors (Lipinski definition) is 0. The zero-order valence-electron chi connectivity index (χ0n) is 7.37. The average molecular weight is 205 g/mol. The van der Waals surface area contributed by atoms with Gasteiger partial charge in [-0.1, -0.05) is 40.4 Å². The van der Waals surface area contributed by atoms with E-state index in [1.807, 2.05) is 0 Å². The summed E-state index contributed by atoms with van der Waals surface area (Å²) >= 11 is 3.65. The first kappa shape index (κ1) is 10.2. The van der Waals surface area contributed by atoms with E-state index in [4.69, 9.17) is 0 Å². The lowest BCUT2D eigenvalue weighted by Gasteiger charge is -2.10. The monoisotopic (exact) mass is 204 g/mol. The Balaban J connectivity index is 3.94. The summed E-state index contributed by atoms with van der Waals surface area (Å²) in [7, 11) is 0. The summed E-state index contributed by atoms with van der Waals surface area (Å²) in [5.74, 6) is 0. The molecule has 0 N–H and O–H groups in total. The molecule has 0 fully saturated rings. The van der Waals surface area contributed by atoms with Gasteiger partial charge in [-0.05, 0) is 27.2 Å². The van der Waals surface area contributed by atoms with Gasteiger partial charge < -0.3 is 0 Å². The molecule has 1 atom stereocenters. The summed E-state index contributed by atoms with van der Waals surface area (Å²) in [5, 5.41) is 0. The van der Waals surface area contributed by atoms with Crippen molar-refractivity contribution in [1.82, 2.24) is 0 Å². The summed E-state index contributed by atoms with van der Waals surface area (Å²) in [6, 6.07) is 0. The molecule has 0 aliphatic rings. The quantitative estimate of drug-likeness (QED) is 0.484. The molecule has 0 saturated carbocycles. The highest BCUT2D eigenvalue weighted by Gasteiger charge is 2.04. The van der Waals surface area contributed by atoms with E-state index in [9.17, 15) is 0 Å². The Morgan fingerprint density at radius 2 is 1.80 bits per heavy atom. The van der Waals surface area contributed by atoms with Gasteiger partial charge in [-0.2, -0.15) is 0 Å². The molecule has 0 aromatic heterocycles. The third-order valence-corrected chi connectivity index (χ3v) is 2.95. The molecule has 0 aliphatic heterocycles. The van der Waals surface area contributed by atoms with Crippen LogP contribution in [0.15, 0.2) is 11.1 Å². The van der Waals surface area contributed by atoms with Crippen molar-refractivity contribution in [2.75, 3.05) is 0 Å². The number of halogens is 1. The van der Waals surface area contributed by atoms with Crippen molar-refractivity contribution in [2.24, 2.45) is 0 Å². The Kier molecular flexibility index (Phi) is 5.06. The highest BCUT2D eigenvalue weighted by Crippen LogP contribution is 2.19. The van der Waals surface area contributed by atoms with Gasteiger partial charge in [0.25, 0.3) is 0 Å². The van der Waals surface area contributed by atoms with Crippen LogP contribution in [-0.2, 0) is 0 Å². The van der Waals surface area contributed by atoms with Gasteiger partial charge in [0.2, 0.25) is 0 Å². The fourth-order valence-corrected chi connectivity index (χ4v) is 1.70. The van der Waals surface area contributed by atoms with E-state index >= 15 is 0 Å². The average Bonchev–Trinajstić information content (AvgIpc) is 1.87. The molecule has 0 bridgehead atoms. The predicted octanol–water partition coefficient (Wildman–Crippen LogP) is 3.91. The summed E-state index contributed by atoms with van der Waals surface area (Å²) in [6.07, 6.45) is 2.50. The Bertz CT molecular complexity index is 121. The molecule has 0 spiro atoms. The fraction of sp³-hybridized carbons (Fsp3) is 0.778. The van der Waals surface area contributed by atoms with E-state index in [0.29, 0.717) is 4.83 Å². The number of hydrogen-bond donors (Lipinski definition) is 0. The second-order valence-corrected chi connectivity index (χ2v) is 4.04. The highest BCUT2D eigenvalue weighted by atomic mass is 79.9. The molecule has 0 aromatic carbocycles. The van der Waals surface area contributed by atoms with Crippen molar-refractivity contribution < 1.29 is 0 Å². The molecule has 0 saturated heterocycles. The van der Waals surface area contributed by atoms with Gasteiger partial charge in [-0.15, -0.1) is 0 Å². The van der Waals surface area contributed by atoms with Gasteiger partial charge in [0.15, 0.2) is 0 Å². The lowest BCUT2D eigenvalue weighted by Crippen LogP contribution is -1.99. The standard InChI is InChI=1S/C9H17Br/c1-5-6-9(10)8(4)7(2)3/h9H,5-6H2,1-4H3. The molecule has 0 radical (unpaired) electrons. The second kappa shape index (κ2) is 4.95. The van der Waals surface area contributed by atoms with Gasteiger partial charge in [0.1, 0.15) is 0 Å². The third kappa shape index (κ3) is 3.40. The molecule has 10 heavy (non-hydrogen) atoms. The van der Waals surface area contributed by atoms with Crippen molar-refractivity contribution in [1.29, 1.82) is 0 Å². The lowest BCUT2D eigenvalue weighted by atomic mass is 10.1. The first-order chi connectivity index (χ1) is 4.59. The van der Waals surface area contributed by atoms with Crippen molar-refractivity contribution in [3.8, 4) is 0 Å². The first-order valence-corrected chi connectivity index (χ1v) is 4.79. The van der Waals surface area contributed by atoms with Crippen LogP contribution in [0.4, 0.5) is 0 Å². The summed E-state index contributed by atoms with van der Waals surface area (Å²) in [4.78, 5) is 0.600. The van der Waals surface area contributed by atoms with E-state index in [-0.39, 0.29) is 0 Å². The molecule has 0 aromatic rings. The van der Waals surface area contributed by atoms with Crippen LogP contribution in [0.2, 0.25) is 0 Å².